The van der Waals surface area contributed by atoms with Crippen LogP contribution in [0.15, 0.2) is 35.3 Å². The fourth-order valence-electron chi connectivity index (χ4n) is 3.20. The lowest BCUT2D eigenvalue weighted by Crippen LogP contribution is -2.19. The molecule has 1 heterocycles. The van der Waals surface area contributed by atoms with Crippen LogP contribution in [0.25, 0.3) is 10.2 Å². The summed E-state index contributed by atoms with van der Waals surface area (Å²) in [4.78, 5) is 18.0. The number of hydrogen-bond donors (Lipinski definition) is 0. The highest BCUT2D eigenvalue weighted by atomic mass is 32.1. The molecule has 0 radical (unpaired) electrons. The molecular formula is C21H24N2O2S. The van der Waals surface area contributed by atoms with E-state index in [4.69, 9.17) is 4.74 Å². The number of hydrogen-bond acceptors (Lipinski definition) is 3. The van der Waals surface area contributed by atoms with Gasteiger partial charge in [0.2, 0.25) is 0 Å². The van der Waals surface area contributed by atoms with E-state index in [1.807, 2.05) is 32.0 Å². The number of aromatic nitrogens is 1. The zero-order chi connectivity index (χ0) is 18.8. The smallest absolute Gasteiger partial charge is 0.279 e. The maximum Gasteiger partial charge on any atom is 0.279 e. The third-order valence-corrected chi connectivity index (χ3v) is 5.67. The second-order valence-electron chi connectivity index (χ2n) is 6.69. The van der Waals surface area contributed by atoms with Crippen molar-refractivity contribution >= 4 is 27.5 Å². The number of benzene rings is 2. The molecule has 136 valence electrons. The predicted molar refractivity (Wildman–Crippen MR) is 107 cm³/mol. The van der Waals surface area contributed by atoms with E-state index in [0.29, 0.717) is 18.7 Å². The number of ether oxygens (including phenoxy) is 1. The van der Waals surface area contributed by atoms with Crippen molar-refractivity contribution < 1.29 is 9.53 Å². The number of aryl methyl sites for hydroxylation is 4. The molecule has 0 N–H and O–H groups in total. The van der Waals surface area contributed by atoms with E-state index in [-0.39, 0.29) is 5.91 Å². The van der Waals surface area contributed by atoms with Crippen LogP contribution in [0, 0.1) is 27.7 Å². The Kier molecular flexibility index (Phi) is 5.39. The molecule has 0 atom stereocenters. The van der Waals surface area contributed by atoms with Crippen molar-refractivity contribution in [1.29, 1.82) is 0 Å². The summed E-state index contributed by atoms with van der Waals surface area (Å²) in [6, 6.07) is 10.1. The first kappa shape index (κ1) is 18.5. The molecule has 3 aromatic rings. The predicted octanol–water partition coefficient (Wildman–Crippen LogP) is 4.32. The molecule has 5 heteroatoms. The Morgan fingerprint density at radius 2 is 1.81 bits per heavy atom. The van der Waals surface area contributed by atoms with Gasteiger partial charge in [0.15, 0.2) is 4.80 Å². The molecule has 0 aliphatic rings. The first-order valence-corrected chi connectivity index (χ1v) is 9.48. The molecule has 0 unspecified atom stereocenters. The summed E-state index contributed by atoms with van der Waals surface area (Å²) in [5.41, 5.74) is 6.26. The molecule has 0 saturated carbocycles. The lowest BCUT2D eigenvalue weighted by atomic mass is 10.1. The summed E-state index contributed by atoms with van der Waals surface area (Å²) in [6.45, 7) is 9.40. The van der Waals surface area contributed by atoms with E-state index in [2.05, 4.69) is 35.5 Å². The SMILES string of the molecule is COCCn1c(=NC(=O)c2ccc(C)cc2C)sc2c(C)cc(C)cc21. The molecule has 0 fully saturated rings. The van der Waals surface area contributed by atoms with Gasteiger partial charge in [0.05, 0.1) is 16.8 Å². The number of carbonyl (C=O) groups excluding carboxylic acids is 1. The molecule has 1 aromatic heterocycles. The van der Waals surface area contributed by atoms with Gasteiger partial charge in [-0.05, 0) is 56.5 Å². The van der Waals surface area contributed by atoms with E-state index in [1.165, 1.54) is 15.8 Å². The molecule has 4 nitrogen and oxygen atoms in total. The monoisotopic (exact) mass is 368 g/mol. The summed E-state index contributed by atoms with van der Waals surface area (Å²) in [6.07, 6.45) is 0. The lowest BCUT2D eigenvalue weighted by molar-refractivity contribution is 0.0997. The Morgan fingerprint density at radius 1 is 1.08 bits per heavy atom. The highest BCUT2D eigenvalue weighted by molar-refractivity contribution is 7.16. The van der Waals surface area contributed by atoms with Crippen LogP contribution in [-0.2, 0) is 11.3 Å². The van der Waals surface area contributed by atoms with E-state index in [9.17, 15) is 4.79 Å². The second kappa shape index (κ2) is 7.56. The fourth-order valence-corrected chi connectivity index (χ4v) is 4.30. The van der Waals surface area contributed by atoms with Gasteiger partial charge in [-0.1, -0.05) is 35.1 Å². The van der Waals surface area contributed by atoms with Crippen molar-refractivity contribution in [2.75, 3.05) is 13.7 Å². The molecule has 0 bridgehead atoms. The largest absolute Gasteiger partial charge is 0.383 e. The van der Waals surface area contributed by atoms with Crippen molar-refractivity contribution in [3.05, 3.63) is 63.0 Å². The molecule has 0 aliphatic heterocycles. The number of rotatable bonds is 4. The minimum Gasteiger partial charge on any atom is -0.383 e. The van der Waals surface area contributed by atoms with Crippen molar-refractivity contribution in [2.24, 2.45) is 4.99 Å². The highest BCUT2D eigenvalue weighted by Gasteiger charge is 2.12. The Balaban J connectivity index is 2.17. The molecule has 0 saturated heterocycles. The van der Waals surface area contributed by atoms with E-state index >= 15 is 0 Å². The van der Waals surface area contributed by atoms with Crippen LogP contribution in [-0.4, -0.2) is 24.2 Å². The van der Waals surface area contributed by atoms with Crippen molar-refractivity contribution in [2.45, 2.75) is 34.2 Å². The van der Waals surface area contributed by atoms with Gasteiger partial charge in [-0.3, -0.25) is 4.79 Å². The Bertz CT molecular complexity index is 1040. The zero-order valence-corrected chi connectivity index (χ0v) is 16.7. The van der Waals surface area contributed by atoms with Crippen LogP contribution in [0.2, 0.25) is 0 Å². The summed E-state index contributed by atoms with van der Waals surface area (Å²) in [5, 5.41) is 0. The van der Waals surface area contributed by atoms with Crippen LogP contribution in [0.5, 0.6) is 0 Å². The molecule has 2 aromatic carbocycles. The molecule has 1 amide bonds. The van der Waals surface area contributed by atoms with E-state index in [1.54, 1.807) is 18.4 Å². The minimum atomic E-state index is -0.199. The average molecular weight is 369 g/mol. The summed E-state index contributed by atoms with van der Waals surface area (Å²) in [7, 11) is 1.68. The van der Waals surface area contributed by atoms with Gasteiger partial charge in [0.25, 0.3) is 5.91 Å². The molecule has 0 aliphatic carbocycles. The fraction of sp³-hybridized carbons (Fsp3) is 0.333. The number of carbonyl (C=O) groups is 1. The van der Waals surface area contributed by atoms with Gasteiger partial charge >= 0.3 is 0 Å². The number of thiazole rings is 1. The van der Waals surface area contributed by atoms with Crippen molar-refractivity contribution in [3.8, 4) is 0 Å². The van der Waals surface area contributed by atoms with Crippen molar-refractivity contribution in [1.82, 2.24) is 4.57 Å². The van der Waals surface area contributed by atoms with Crippen LogP contribution in [0.4, 0.5) is 0 Å². The Morgan fingerprint density at radius 3 is 2.50 bits per heavy atom. The maximum atomic E-state index is 12.8. The molecule has 3 rings (SSSR count). The first-order valence-electron chi connectivity index (χ1n) is 8.66. The van der Waals surface area contributed by atoms with Gasteiger partial charge < -0.3 is 9.30 Å². The highest BCUT2D eigenvalue weighted by Crippen LogP contribution is 2.23. The van der Waals surface area contributed by atoms with Gasteiger partial charge in [0.1, 0.15) is 0 Å². The summed E-state index contributed by atoms with van der Waals surface area (Å²) >= 11 is 1.56. The topological polar surface area (TPSA) is 43.6 Å². The Labute approximate surface area is 157 Å². The molecule has 0 spiro atoms. The maximum absolute atomic E-state index is 12.8. The van der Waals surface area contributed by atoms with Gasteiger partial charge in [-0.2, -0.15) is 4.99 Å². The third-order valence-electron chi connectivity index (χ3n) is 4.44. The van der Waals surface area contributed by atoms with E-state index < -0.39 is 0 Å². The van der Waals surface area contributed by atoms with Gasteiger partial charge in [-0.15, -0.1) is 0 Å². The third kappa shape index (κ3) is 3.64. The van der Waals surface area contributed by atoms with Crippen molar-refractivity contribution in [3.63, 3.8) is 0 Å². The number of nitrogens with zero attached hydrogens (tertiary/aromatic N) is 2. The average Bonchev–Trinajstić information content (AvgIpc) is 2.90. The summed E-state index contributed by atoms with van der Waals surface area (Å²) in [5.74, 6) is -0.199. The van der Waals surface area contributed by atoms with Crippen LogP contribution >= 0.6 is 11.3 Å². The lowest BCUT2D eigenvalue weighted by Gasteiger charge is -2.06. The van der Waals surface area contributed by atoms with Crippen LogP contribution in [0.3, 0.4) is 0 Å². The number of amides is 1. The molecular weight excluding hydrogens is 344 g/mol. The number of fused-ring (bicyclic) bond motifs is 1. The molecule has 26 heavy (non-hydrogen) atoms. The Hall–Kier alpha value is -2.24. The van der Waals surface area contributed by atoms with E-state index in [0.717, 1.165) is 21.4 Å². The zero-order valence-electron chi connectivity index (χ0n) is 15.9. The first-order chi connectivity index (χ1) is 12.4. The quantitative estimate of drug-likeness (QED) is 0.688. The van der Waals surface area contributed by atoms with Gasteiger partial charge in [-0.25, -0.2) is 0 Å². The second-order valence-corrected chi connectivity index (χ2v) is 7.67. The summed E-state index contributed by atoms with van der Waals surface area (Å²) < 4.78 is 8.51. The van der Waals surface area contributed by atoms with Crippen LogP contribution < -0.4 is 4.80 Å². The van der Waals surface area contributed by atoms with Crippen LogP contribution in [0.1, 0.15) is 32.6 Å². The number of methoxy groups -OCH3 is 1. The normalized spacial score (nSPS) is 12.1. The van der Waals surface area contributed by atoms with Gasteiger partial charge in [0, 0.05) is 19.2 Å². The standard InChI is InChI=1S/C21H24N2O2S/c1-13-6-7-17(15(3)10-13)20(24)22-21-23(8-9-25-5)18-12-14(2)11-16(4)19(18)26-21/h6-7,10-12H,8-9H2,1-5H3. The minimum absolute atomic E-state index is 0.199.